The number of nitrogens with zero attached hydrogens (tertiary/aromatic N) is 2. The monoisotopic (exact) mass is 590 g/mol. The average molecular weight is 591 g/mol. The Kier molecular flexibility index (Phi) is 10.9. The highest BCUT2D eigenvalue weighted by Crippen LogP contribution is 2.47. The van der Waals surface area contributed by atoms with Crippen LogP contribution in [-0.4, -0.2) is 81.3 Å². The second kappa shape index (κ2) is 14.4. The minimum atomic E-state index is -3.42. The summed E-state index contributed by atoms with van der Waals surface area (Å²) in [5.41, 5.74) is 1.69. The molecule has 10 nitrogen and oxygen atoms in total. The first-order valence-electron chi connectivity index (χ1n) is 14.3. The first-order valence-corrected chi connectivity index (χ1v) is 16.0. The Morgan fingerprint density at radius 2 is 1.76 bits per heavy atom. The second-order valence-electron chi connectivity index (χ2n) is 10.6. The standard InChI is InChI=1S/C30H42N2O8S/c1-4-6-7-17-41(35,36)32(14-5-2)16-15-31-19-25(23-10-13-26-27(18-23)40-21-39-26)28(30(33)34)29(31)22-8-11-24(12-9-22)38-20-37-3/h8-13,18,25,28-29H,4-7,14-17,19-21H2,1-3H3,(H,33,34)/t25-,28+,29-/m1/s1. The van der Waals surface area contributed by atoms with Crippen molar-refractivity contribution in [2.45, 2.75) is 51.5 Å². The molecule has 41 heavy (non-hydrogen) atoms. The molecule has 2 aliphatic heterocycles. The Hall–Kier alpha value is -2.86. The van der Waals surface area contributed by atoms with Crippen LogP contribution in [0.25, 0.3) is 0 Å². The maximum Gasteiger partial charge on any atom is 0.309 e. The van der Waals surface area contributed by atoms with Crippen molar-refractivity contribution in [1.29, 1.82) is 0 Å². The smallest absolute Gasteiger partial charge is 0.309 e. The van der Waals surface area contributed by atoms with E-state index in [-0.39, 0.29) is 25.3 Å². The van der Waals surface area contributed by atoms with Crippen molar-refractivity contribution in [2.24, 2.45) is 5.92 Å². The molecule has 11 heteroatoms. The fourth-order valence-corrected chi connectivity index (χ4v) is 7.42. The maximum atomic E-state index is 13.2. The predicted octanol–water partition coefficient (Wildman–Crippen LogP) is 4.47. The first-order chi connectivity index (χ1) is 19.8. The first kappa shape index (κ1) is 31.1. The van der Waals surface area contributed by atoms with Gasteiger partial charge in [-0.2, -0.15) is 0 Å². The van der Waals surface area contributed by atoms with E-state index in [1.54, 1.807) is 23.5 Å². The van der Waals surface area contributed by atoms with Crippen LogP contribution >= 0.6 is 0 Å². The molecule has 2 aliphatic rings. The normalized spacial score (nSPS) is 20.5. The number of ether oxygens (including phenoxy) is 4. The van der Waals surface area contributed by atoms with Crippen LogP contribution in [0.3, 0.4) is 0 Å². The highest BCUT2D eigenvalue weighted by Gasteiger charge is 2.47. The number of likely N-dealkylation sites (tertiary alicyclic amines) is 1. The van der Waals surface area contributed by atoms with Crippen molar-refractivity contribution >= 4 is 16.0 Å². The van der Waals surface area contributed by atoms with Crippen molar-refractivity contribution in [2.75, 3.05) is 52.6 Å². The SMILES string of the molecule is CCCCCS(=O)(=O)N(CCC)CCN1C[C@H](c2ccc3c(c2)OCO3)[C@H](C(=O)O)[C@H]1c1ccc(OCOC)cc1. The van der Waals surface area contributed by atoms with Crippen LogP contribution in [0.5, 0.6) is 17.2 Å². The summed E-state index contributed by atoms with van der Waals surface area (Å²) >= 11 is 0. The highest BCUT2D eigenvalue weighted by atomic mass is 32.2. The Morgan fingerprint density at radius 3 is 2.44 bits per heavy atom. The molecule has 4 rings (SSSR count). The third kappa shape index (κ3) is 7.51. The van der Waals surface area contributed by atoms with E-state index < -0.39 is 28.0 Å². The highest BCUT2D eigenvalue weighted by molar-refractivity contribution is 7.89. The van der Waals surface area contributed by atoms with Crippen molar-refractivity contribution in [3.05, 3.63) is 53.6 Å². The van der Waals surface area contributed by atoms with E-state index in [2.05, 4.69) is 11.8 Å². The molecule has 0 bridgehead atoms. The zero-order valence-electron chi connectivity index (χ0n) is 24.2. The van der Waals surface area contributed by atoms with Crippen LogP contribution in [0.4, 0.5) is 0 Å². The van der Waals surface area contributed by atoms with Gasteiger partial charge in [0.25, 0.3) is 0 Å². The molecular formula is C30H42N2O8S. The van der Waals surface area contributed by atoms with Crippen LogP contribution in [-0.2, 0) is 19.6 Å². The molecule has 0 unspecified atom stereocenters. The fourth-order valence-electron chi connectivity index (χ4n) is 5.77. The van der Waals surface area contributed by atoms with Crippen molar-refractivity contribution < 1.29 is 37.3 Å². The number of sulfonamides is 1. The van der Waals surface area contributed by atoms with E-state index in [0.29, 0.717) is 56.3 Å². The number of carboxylic acid groups (broad SMARTS) is 1. The van der Waals surface area contributed by atoms with Crippen molar-refractivity contribution in [3.8, 4) is 17.2 Å². The molecule has 1 N–H and O–H groups in total. The van der Waals surface area contributed by atoms with Crippen LogP contribution in [0.15, 0.2) is 42.5 Å². The summed E-state index contributed by atoms with van der Waals surface area (Å²) in [7, 11) is -1.87. The summed E-state index contributed by atoms with van der Waals surface area (Å²) < 4.78 is 49.6. The van der Waals surface area contributed by atoms with E-state index in [0.717, 1.165) is 24.0 Å². The molecule has 0 amide bonds. The van der Waals surface area contributed by atoms with Crippen LogP contribution < -0.4 is 14.2 Å². The third-order valence-corrected chi connectivity index (χ3v) is 9.74. The predicted molar refractivity (Wildman–Crippen MR) is 155 cm³/mol. The van der Waals surface area contributed by atoms with Gasteiger partial charge in [-0.15, -0.1) is 0 Å². The van der Waals surface area contributed by atoms with Gasteiger partial charge in [-0.3, -0.25) is 9.69 Å². The Bertz CT molecular complexity index is 1250. The molecule has 226 valence electrons. The van der Waals surface area contributed by atoms with Gasteiger partial charge in [-0.05, 0) is 48.2 Å². The molecule has 2 aromatic carbocycles. The van der Waals surface area contributed by atoms with Crippen LogP contribution in [0.1, 0.15) is 62.6 Å². The minimum absolute atomic E-state index is 0.110. The lowest BCUT2D eigenvalue weighted by Gasteiger charge is -2.30. The molecule has 0 spiro atoms. The van der Waals surface area contributed by atoms with Gasteiger partial charge in [-0.1, -0.05) is 44.9 Å². The van der Waals surface area contributed by atoms with Gasteiger partial charge in [0.1, 0.15) is 5.75 Å². The molecule has 1 saturated heterocycles. The topological polar surface area (TPSA) is 115 Å². The quantitative estimate of drug-likeness (QED) is 0.223. The molecule has 0 aliphatic carbocycles. The number of hydrogen-bond acceptors (Lipinski definition) is 8. The Labute approximate surface area is 243 Å². The average Bonchev–Trinajstić information content (AvgIpc) is 3.59. The number of methoxy groups -OCH3 is 1. The Balaban J connectivity index is 1.64. The molecular weight excluding hydrogens is 548 g/mol. The number of benzene rings is 2. The van der Waals surface area contributed by atoms with E-state index in [1.807, 2.05) is 37.3 Å². The van der Waals surface area contributed by atoms with Gasteiger partial charge in [0.2, 0.25) is 16.8 Å². The molecule has 0 saturated carbocycles. The van der Waals surface area contributed by atoms with Gasteiger partial charge in [0, 0.05) is 45.2 Å². The van der Waals surface area contributed by atoms with E-state index >= 15 is 0 Å². The van der Waals surface area contributed by atoms with Crippen molar-refractivity contribution in [1.82, 2.24) is 9.21 Å². The van der Waals surface area contributed by atoms with Gasteiger partial charge in [0.05, 0.1) is 11.7 Å². The lowest BCUT2D eigenvalue weighted by atomic mass is 9.82. The number of rotatable bonds is 16. The van der Waals surface area contributed by atoms with Gasteiger partial charge in [-0.25, -0.2) is 12.7 Å². The second-order valence-corrected chi connectivity index (χ2v) is 12.7. The van der Waals surface area contributed by atoms with Crippen LogP contribution in [0, 0.1) is 5.92 Å². The van der Waals surface area contributed by atoms with Gasteiger partial charge < -0.3 is 24.1 Å². The fraction of sp³-hybridized carbons (Fsp3) is 0.567. The van der Waals surface area contributed by atoms with E-state index in [1.165, 1.54) is 0 Å². The summed E-state index contributed by atoms with van der Waals surface area (Å²) in [6.07, 6.45) is 3.16. The molecule has 0 aromatic heterocycles. The van der Waals surface area contributed by atoms with Gasteiger partial charge in [0.15, 0.2) is 18.3 Å². The summed E-state index contributed by atoms with van der Waals surface area (Å²) in [4.78, 5) is 15.0. The lowest BCUT2D eigenvalue weighted by molar-refractivity contribution is -0.143. The number of unbranched alkanes of at least 4 members (excludes halogenated alkanes) is 2. The number of carbonyl (C=O) groups is 1. The van der Waals surface area contributed by atoms with E-state index in [9.17, 15) is 18.3 Å². The van der Waals surface area contributed by atoms with Gasteiger partial charge >= 0.3 is 5.97 Å². The Morgan fingerprint density at radius 1 is 1.02 bits per heavy atom. The third-order valence-electron chi connectivity index (χ3n) is 7.78. The maximum absolute atomic E-state index is 13.2. The van der Waals surface area contributed by atoms with Crippen molar-refractivity contribution in [3.63, 3.8) is 0 Å². The number of hydrogen-bond donors (Lipinski definition) is 1. The molecule has 2 aromatic rings. The van der Waals surface area contributed by atoms with E-state index in [4.69, 9.17) is 18.9 Å². The summed E-state index contributed by atoms with van der Waals surface area (Å²) in [5.74, 6) is -0.0101. The summed E-state index contributed by atoms with van der Waals surface area (Å²) in [6, 6.07) is 12.5. The molecule has 2 heterocycles. The number of aliphatic carboxylic acids is 1. The van der Waals surface area contributed by atoms with Crippen LogP contribution in [0.2, 0.25) is 0 Å². The zero-order valence-corrected chi connectivity index (χ0v) is 25.0. The number of fused-ring (bicyclic) bond motifs is 1. The molecule has 3 atom stereocenters. The summed E-state index contributed by atoms with van der Waals surface area (Å²) in [5, 5.41) is 10.5. The zero-order chi connectivity index (χ0) is 29.4. The largest absolute Gasteiger partial charge is 0.481 e. The lowest BCUT2D eigenvalue weighted by Crippen LogP contribution is -2.40. The minimum Gasteiger partial charge on any atom is -0.481 e. The molecule has 1 fully saturated rings. The number of carboxylic acids is 1. The molecule has 0 radical (unpaired) electrons. The summed E-state index contributed by atoms with van der Waals surface area (Å²) in [6.45, 7) is 5.87.